The van der Waals surface area contributed by atoms with E-state index in [1.807, 2.05) is 0 Å². The van der Waals surface area contributed by atoms with E-state index in [9.17, 15) is 15.5 Å². The van der Waals surface area contributed by atoms with Crippen molar-refractivity contribution in [1.29, 1.82) is 5.26 Å². The van der Waals surface area contributed by atoms with Gasteiger partial charge in [0, 0.05) is 11.6 Å². The van der Waals surface area contributed by atoms with Gasteiger partial charge in [-0.2, -0.15) is 5.26 Å². The van der Waals surface area contributed by atoms with Crippen LogP contribution in [0.25, 0.3) is 0 Å². The van der Waals surface area contributed by atoms with E-state index < -0.39 is 0 Å². The maximum absolute atomic E-state index is 9.56. The van der Waals surface area contributed by atoms with Crippen molar-refractivity contribution in [2.45, 2.75) is 5.92 Å². The van der Waals surface area contributed by atoms with Gasteiger partial charge in [-0.25, -0.2) is 0 Å². The van der Waals surface area contributed by atoms with Gasteiger partial charge in [0.25, 0.3) is 0 Å². The Morgan fingerprint density at radius 1 is 1.05 bits per heavy atom. The third-order valence-electron chi connectivity index (χ3n) is 3.43. The van der Waals surface area contributed by atoms with Crippen LogP contribution in [0, 0.1) is 11.3 Å². The highest BCUT2D eigenvalue weighted by Gasteiger charge is 2.30. The number of rotatable bonds is 1. The molecule has 3 rings (SSSR count). The van der Waals surface area contributed by atoms with Crippen LogP contribution < -0.4 is 10.5 Å². The summed E-state index contributed by atoms with van der Waals surface area (Å²) >= 11 is 0. The molecule has 1 aliphatic heterocycles. The van der Waals surface area contributed by atoms with Crippen LogP contribution in [-0.2, 0) is 0 Å². The standard InChI is InChI=1S/C16H12N2O3/c17-8-13-15(9-1-3-10(19)4-2-9)12-6-5-11(20)7-14(12)21-16(13)18/h1-7,15,19-20H,18H2. The minimum atomic E-state index is -0.389. The Labute approximate surface area is 121 Å². The first-order valence-electron chi connectivity index (χ1n) is 6.29. The van der Waals surface area contributed by atoms with Gasteiger partial charge in [0.15, 0.2) is 0 Å². The second-order valence-corrected chi connectivity index (χ2v) is 4.74. The van der Waals surface area contributed by atoms with E-state index in [0.29, 0.717) is 11.3 Å². The third-order valence-corrected chi connectivity index (χ3v) is 3.43. The van der Waals surface area contributed by atoms with Crippen LogP contribution in [0.3, 0.4) is 0 Å². The molecule has 5 nitrogen and oxygen atoms in total. The average Bonchev–Trinajstić information content (AvgIpc) is 2.46. The van der Waals surface area contributed by atoms with Gasteiger partial charge in [-0.05, 0) is 23.8 Å². The van der Waals surface area contributed by atoms with Crippen LogP contribution in [0.15, 0.2) is 53.9 Å². The highest BCUT2D eigenvalue weighted by atomic mass is 16.5. The summed E-state index contributed by atoms with van der Waals surface area (Å²) in [6.07, 6.45) is 0. The van der Waals surface area contributed by atoms with E-state index in [4.69, 9.17) is 10.5 Å². The molecule has 4 N–H and O–H groups in total. The van der Waals surface area contributed by atoms with Crippen LogP contribution in [0.1, 0.15) is 17.0 Å². The second-order valence-electron chi connectivity index (χ2n) is 4.74. The van der Waals surface area contributed by atoms with Gasteiger partial charge < -0.3 is 20.7 Å². The van der Waals surface area contributed by atoms with E-state index in [-0.39, 0.29) is 23.3 Å². The smallest absolute Gasteiger partial charge is 0.205 e. The molecule has 0 saturated heterocycles. The van der Waals surface area contributed by atoms with Crippen LogP contribution in [0.4, 0.5) is 0 Å². The maximum atomic E-state index is 9.56. The molecule has 5 heteroatoms. The Bertz CT molecular complexity index is 773. The lowest BCUT2D eigenvalue weighted by Crippen LogP contribution is -2.20. The first kappa shape index (κ1) is 12.9. The fourth-order valence-electron chi connectivity index (χ4n) is 2.45. The Morgan fingerprint density at radius 3 is 2.38 bits per heavy atom. The zero-order valence-electron chi connectivity index (χ0n) is 10.9. The Hall–Kier alpha value is -3.13. The van der Waals surface area contributed by atoms with Gasteiger partial charge >= 0.3 is 0 Å². The summed E-state index contributed by atoms with van der Waals surface area (Å²) in [7, 11) is 0. The van der Waals surface area contributed by atoms with Gasteiger partial charge in [-0.15, -0.1) is 0 Å². The van der Waals surface area contributed by atoms with Gasteiger partial charge in [0.2, 0.25) is 5.88 Å². The van der Waals surface area contributed by atoms with Gasteiger partial charge in [-0.1, -0.05) is 18.2 Å². The second kappa shape index (κ2) is 4.76. The SMILES string of the molecule is N#CC1=C(N)Oc2cc(O)ccc2C1c1ccc(O)cc1. The molecule has 1 aliphatic rings. The average molecular weight is 280 g/mol. The number of nitriles is 1. The number of ether oxygens (including phenoxy) is 1. The normalized spacial score (nSPS) is 16.8. The Kier molecular flexibility index (Phi) is 2.92. The number of benzene rings is 2. The van der Waals surface area contributed by atoms with Gasteiger partial charge in [-0.3, -0.25) is 0 Å². The number of hydrogen-bond acceptors (Lipinski definition) is 5. The highest BCUT2D eigenvalue weighted by molar-refractivity contribution is 5.57. The topological polar surface area (TPSA) is 99.5 Å². The summed E-state index contributed by atoms with van der Waals surface area (Å²) in [5.74, 6) is 0.261. The van der Waals surface area contributed by atoms with E-state index in [0.717, 1.165) is 11.1 Å². The Morgan fingerprint density at radius 2 is 1.71 bits per heavy atom. The molecular formula is C16H12N2O3. The first-order chi connectivity index (χ1) is 10.1. The summed E-state index contributed by atoms with van der Waals surface area (Å²) in [5.41, 5.74) is 7.67. The van der Waals surface area contributed by atoms with Crippen molar-refractivity contribution in [3.05, 3.63) is 65.0 Å². The number of allylic oxidation sites excluding steroid dienone is 1. The van der Waals surface area contributed by atoms with Crippen molar-refractivity contribution in [3.63, 3.8) is 0 Å². The van der Waals surface area contributed by atoms with Crippen molar-refractivity contribution in [3.8, 4) is 23.3 Å². The molecule has 0 spiro atoms. The molecule has 0 fully saturated rings. The summed E-state index contributed by atoms with van der Waals surface area (Å²) < 4.78 is 5.42. The lowest BCUT2D eigenvalue weighted by atomic mass is 9.83. The van der Waals surface area contributed by atoms with E-state index >= 15 is 0 Å². The van der Waals surface area contributed by atoms with Crippen LogP contribution in [-0.4, -0.2) is 10.2 Å². The first-order valence-corrected chi connectivity index (χ1v) is 6.29. The molecule has 21 heavy (non-hydrogen) atoms. The molecule has 104 valence electrons. The molecule has 1 atom stereocenters. The van der Waals surface area contributed by atoms with Crippen molar-refractivity contribution in [2.24, 2.45) is 5.73 Å². The molecule has 0 amide bonds. The zero-order chi connectivity index (χ0) is 15.0. The quantitative estimate of drug-likeness (QED) is 0.744. The lowest BCUT2D eigenvalue weighted by Gasteiger charge is -2.26. The van der Waals surface area contributed by atoms with Gasteiger partial charge in [0.1, 0.15) is 28.9 Å². The number of aromatic hydroxyl groups is 2. The molecule has 2 aromatic rings. The molecule has 0 aromatic heterocycles. The largest absolute Gasteiger partial charge is 0.508 e. The zero-order valence-corrected chi connectivity index (χ0v) is 10.9. The minimum absolute atomic E-state index is 0.0219. The van der Waals surface area contributed by atoms with Crippen LogP contribution >= 0.6 is 0 Å². The number of phenolic OH excluding ortho intramolecular Hbond substituents is 2. The predicted molar refractivity (Wildman–Crippen MR) is 75.5 cm³/mol. The van der Waals surface area contributed by atoms with Crippen molar-refractivity contribution < 1.29 is 14.9 Å². The number of hydrogen-bond donors (Lipinski definition) is 3. The molecular weight excluding hydrogens is 268 g/mol. The number of phenols is 2. The molecule has 1 unspecified atom stereocenters. The number of fused-ring (bicyclic) bond motifs is 1. The fraction of sp³-hybridized carbons (Fsp3) is 0.0625. The molecule has 1 heterocycles. The molecule has 0 bridgehead atoms. The maximum Gasteiger partial charge on any atom is 0.205 e. The van der Waals surface area contributed by atoms with E-state index in [1.165, 1.54) is 12.1 Å². The fourth-order valence-corrected chi connectivity index (χ4v) is 2.45. The Balaban J connectivity index is 2.21. The van der Waals surface area contributed by atoms with Gasteiger partial charge in [0.05, 0.1) is 5.92 Å². The monoisotopic (exact) mass is 280 g/mol. The van der Waals surface area contributed by atoms with E-state index in [2.05, 4.69) is 6.07 Å². The number of nitrogens with zero attached hydrogens (tertiary/aromatic N) is 1. The van der Waals surface area contributed by atoms with Crippen LogP contribution in [0.2, 0.25) is 0 Å². The van der Waals surface area contributed by atoms with Crippen molar-refractivity contribution >= 4 is 0 Å². The predicted octanol–water partition coefficient (Wildman–Crippen LogP) is 2.32. The number of nitrogens with two attached hydrogens (primary N) is 1. The molecule has 0 radical (unpaired) electrons. The molecule has 0 saturated carbocycles. The summed E-state index contributed by atoms with van der Waals surface area (Å²) in [6.45, 7) is 0. The summed E-state index contributed by atoms with van der Waals surface area (Å²) in [6, 6.07) is 13.3. The third kappa shape index (κ3) is 2.13. The lowest BCUT2D eigenvalue weighted by molar-refractivity contribution is 0.388. The van der Waals surface area contributed by atoms with E-state index in [1.54, 1.807) is 30.3 Å². The summed E-state index contributed by atoms with van der Waals surface area (Å²) in [4.78, 5) is 0. The van der Waals surface area contributed by atoms with Crippen LogP contribution in [0.5, 0.6) is 17.2 Å². The molecule has 2 aromatic carbocycles. The molecule has 0 aliphatic carbocycles. The minimum Gasteiger partial charge on any atom is -0.508 e. The van der Waals surface area contributed by atoms with Crippen molar-refractivity contribution in [2.75, 3.05) is 0 Å². The van der Waals surface area contributed by atoms with Crippen molar-refractivity contribution in [1.82, 2.24) is 0 Å². The highest BCUT2D eigenvalue weighted by Crippen LogP contribution is 2.43. The summed E-state index contributed by atoms with van der Waals surface area (Å²) in [5, 5.41) is 28.3.